The Morgan fingerprint density at radius 1 is 1.00 bits per heavy atom. The van der Waals surface area contributed by atoms with Gasteiger partial charge >= 0.3 is 0 Å². The second-order valence-electron chi connectivity index (χ2n) is 6.11. The van der Waals surface area contributed by atoms with Gasteiger partial charge in [0.05, 0.1) is 15.6 Å². The van der Waals surface area contributed by atoms with Gasteiger partial charge in [-0.2, -0.15) is 0 Å². The molecule has 0 saturated carbocycles. The van der Waals surface area contributed by atoms with Crippen molar-refractivity contribution in [2.45, 2.75) is 34.2 Å². The van der Waals surface area contributed by atoms with E-state index in [0.717, 1.165) is 16.0 Å². The first-order valence-electron chi connectivity index (χ1n) is 8.09. The molecule has 3 N–H and O–H groups in total. The molecule has 1 fully saturated rings. The van der Waals surface area contributed by atoms with Gasteiger partial charge in [-0.25, -0.2) is 0 Å². The number of rotatable bonds is 5. The van der Waals surface area contributed by atoms with Gasteiger partial charge in [0.1, 0.15) is 12.2 Å². The highest BCUT2D eigenvalue weighted by Crippen LogP contribution is 2.38. The van der Waals surface area contributed by atoms with E-state index in [4.69, 9.17) is 0 Å². The fourth-order valence-electron chi connectivity index (χ4n) is 2.67. The van der Waals surface area contributed by atoms with Crippen molar-refractivity contribution in [2.24, 2.45) is 0 Å². The number of aliphatic hydroxyl groups excluding tert-OH is 3. The fourth-order valence-corrected chi connectivity index (χ4v) is 5.32. The summed E-state index contributed by atoms with van der Waals surface area (Å²) in [5, 5.41) is 40.1. The molecule has 26 heavy (non-hydrogen) atoms. The van der Waals surface area contributed by atoms with Gasteiger partial charge in [0, 0.05) is 22.8 Å². The predicted molar refractivity (Wildman–Crippen MR) is 102 cm³/mol. The molecule has 1 aliphatic heterocycles. The Kier molecular flexibility index (Phi) is 6.20. The number of thioether (sulfide) groups is 2. The maximum Gasteiger partial charge on any atom is 0.269 e. The summed E-state index contributed by atoms with van der Waals surface area (Å²) in [5.41, 5.74) is 2.15. The van der Waals surface area contributed by atoms with Crippen molar-refractivity contribution in [2.75, 3.05) is 5.75 Å². The number of non-ortho nitro benzene ring substituents is 1. The number of aliphatic hydroxyl groups is 3. The molecule has 1 saturated heterocycles. The van der Waals surface area contributed by atoms with Crippen LogP contribution in [0.1, 0.15) is 11.1 Å². The highest BCUT2D eigenvalue weighted by molar-refractivity contribution is 8.17. The molecular weight excluding hydrogens is 374 g/mol. The maximum absolute atomic E-state index is 10.7. The summed E-state index contributed by atoms with van der Waals surface area (Å²) in [5.74, 6) is 0.397. The Morgan fingerprint density at radius 2 is 1.58 bits per heavy atom. The number of benzene rings is 2. The van der Waals surface area contributed by atoms with Crippen LogP contribution in [0.3, 0.4) is 0 Å². The Morgan fingerprint density at radius 3 is 2.15 bits per heavy atom. The van der Waals surface area contributed by atoms with E-state index in [-0.39, 0.29) is 10.3 Å². The summed E-state index contributed by atoms with van der Waals surface area (Å²) < 4.78 is -0.228. The first kappa shape index (κ1) is 19.2. The molecule has 6 nitrogen and oxygen atoms in total. The van der Waals surface area contributed by atoms with Crippen LogP contribution in [-0.2, 0) is 6.42 Å². The number of nitro benzene ring substituents is 1. The van der Waals surface area contributed by atoms with E-state index in [1.54, 1.807) is 12.1 Å². The molecule has 8 heteroatoms. The second kappa shape index (κ2) is 8.41. The molecule has 0 bridgehead atoms. The van der Waals surface area contributed by atoms with E-state index < -0.39 is 23.2 Å². The molecule has 0 aliphatic carbocycles. The van der Waals surface area contributed by atoms with Crippen molar-refractivity contribution in [1.82, 2.24) is 0 Å². The standard InChI is InChI=1S/C18H19NO5S2/c20-15-10-25-18(17(22)16(15)21)26-14-7-3-12(4-8-14)9-11-1-5-13(6-2-11)19(23)24/h1-8,15-18,20-22H,9-10H2/t15-,16+,17-,18+/m1/s1. The van der Waals surface area contributed by atoms with Gasteiger partial charge in [-0.1, -0.05) is 24.3 Å². The molecule has 138 valence electrons. The van der Waals surface area contributed by atoms with Gasteiger partial charge in [-0.15, -0.1) is 23.5 Å². The molecule has 0 radical (unpaired) electrons. The summed E-state index contributed by atoms with van der Waals surface area (Å²) in [6.07, 6.45) is -2.31. The van der Waals surface area contributed by atoms with Crippen LogP contribution in [-0.4, -0.2) is 48.9 Å². The molecule has 4 atom stereocenters. The maximum atomic E-state index is 10.7. The van der Waals surface area contributed by atoms with Crippen molar-refractivity contribution >= 4 is 29.2 Å². The lowest BCUT2D eigenvalue weighted by Crippen LogP contribution is -2.47. The van der Waals surface area contributed by atoms with Crippen molar-refractivity contribution in [3.8, 4) is 0 Å². The van der Waals surface area contributed by atoms with Crippen LogP contribution in [0.15, 0.2) is 53.4 Å². The lowest BCUT2D eigenvalue weighted by atomic mass is 10.1. The van der Waals surface area contributed by atoms with E-state index >= 15 is 0 Å². The van der Waals surface area contributed by atoms with Crippen LogP contribution >= 0.6 is 23.5 Å². The zero-order valence-electron chi connectivity index (χ0n) is 13.8. The summed E-state index contributed by atoms with van der Waals surface area (Å²) in [4.78, 5) is 11.2. The van der Waals surface area contributed by atoms with Crippen LogP contribution in [0.4, 0.5) is 5.69 Å². The van der Waals surface area contributed by atoms with Crippen molar-refractivity contribution in [3.05, 3.63) is 69.8 Å². The monoisotopic (exact) mass is 393 g/mol. The summed E-state index contributed by atoms with van der Waals surface area (Å²) >= 11 is 2.90. The SMILES string of the molecule is O=[N+]([O-])c1ccc(Cc2ccc(S[C@@H]3SC[C@@H](O)[C@H](O)[C@H]3O)cc2)cc1. The number of nitrogens with zero attached hydrogens (tertiary/aromatic N) is 1. The lowest BCUT2D eigenvalue weighted by molar-refractivity contribution is -0.384. The Labute approximate surface area is 159 Å². The van der Waals surface area contributed by atoms with Crippen molar-refractivity contribution in [1.29, 1.82) is 0 Å². The third-order valence-electron chi connectivity index (χ3n) is 4.19. The zero-order valence-corrected chi connectivity index (χ0v) is 15.4. The third-order valence-corrected chi connectivity index (χ3v) is 7.08. The summed E-state index contributed by atoms with van der Waals surface area (Å²) in [6, 6.07) is 14.4. The Balaban J connectivity index is 1.60. The van der Waals surface area contributed by atoms with Crippen LogP contribution < -0.4 is 0 Å². The molecule has 2 aromatic carbocycles. The molecule has 2 aromatic rings. The predicted octanol–water partition coefficient (Wildman–Crippen LogP) is 2.43. The van der Waals surface area contributed by atoms with Gasteiger partial charge in [0.2, 0.25) is 0 Å². The molecule has 0 amide bonds. The van der Waals surface area contributed by atoms with E-state index in [1.165, 1.54) is 35.7 Å². The Bertz CT molecular complexity index is 753. The average molecular weight is 393 g/mol. The molecule has 0 spiro atoms. The third kappa shape index (κ3) is 4.57. The van der Waals surface area contributed by atoms with Gasteiger partial charge < -0.3 is 15.3 Å². The largest absolute Gasteiger partial charge is 0.389 e. The minimum Gasteiger partial charge on any atom is -0.389 e. The van der Waals surface area contributed by atoms with Gasteiger partial charge in [0.15, 0.2) is 0 Å². The lowest BCUT2D eigenvalue weighted by Gasteiger charge is -2.34. The number of hydrogen-bond donors (Lipinski definition) is 3. The van der Waals surface area contributed by atoms with Gasteiger partial charge in [0.25, 0.3) is 5.69 Å². The van der Waals surface area contributed by atoms with Crippen LogP contribution in [0, 0.1) is 10.1 Å². The average Bonchev–Trinajstić information content (AvgIpc) is 2.64. The Hall–Kier alpha value is -1.58. The first-order valence-corrected chi connectivity index (χ1v) is 10.0. The molecule has 0 aromatic heterocycles. The smallest absolute Gasteiger partial charge is 0.269 e. The van der Waals surface area contributed by atoms with Crippen LogP contribution in [0.5, 0.6) is 0 Å². The van der Waals surface area contributed by atoms with E-state index in [9.17, 15) is 25.4 Å². The highest BCUT2D eigenvalue weighted by Gasteiger charge is 2.37. The topological polar surface area (TPSA) is 104 Å². The number of hydrogen-bond acceptors (Lipinski definition) is 7. The molecule has 0 unspecified atom stereocenters. The first-order chi connectivity index (χ1) is 12.4. The summed E-state index contributed by atoms with van der Waals surface area (Å²) in [7, 11) is 0. The summed E-state index contributed by atoms with van der Waals surface area (Å²) in [6.45, 7) is 0. The van der Waals surface area contributed by atoms with Gasteiger partial charge in [-0.3, -0.25) is 10.1 Å². The van der Waals surface area contributed by atoms with E-state index in [1.807, 2.05) is 24.3 Å². The van der Waals surface area contributed by atoms with Crippen LogP contribution in [0.2, 0.25) is 0 Å². The van der Waals surface area contributed by atoms with Crippen molar-refractivity contribution < 1.29 is 20.2 Å². The minimum atomic E-state index is -1.12. The molecular formula is C18H19NO5S2. The molecule has 1 aliphatic rings. The quantitative estimate of drug-likeness (QED) is 0.529. The van der Waals surface area contributed by atoms with E-state index in [2.05, 4.69) is 0 Å². The van der Waals surface area contributed by atoms with Gasteiger partial charge in [-0.05, 0) is 29.7 Å². The van der Waals surface area contributed by atoms with Crippen LogP contribution in [0.25, 0.3) is 0 Å². The van der Waals surface area contributed by atoms with E-state index in [0.29, 0.717) is 12.2 Å². The minimum absolute atomic E-state index is 0.0799. The molecule has 3 rings (SSSR count). The fraction of sp³-hybridized carbons (Fsp3) is 0.333. The zero-order chi connectivity index (χ0) is 18.7. The normalized spacial score (nSPS) is 25.8. The molecule has 1 heterocycles. The van der Waals surface area contributed by atoms with Crippen molar-refractivity contribution in [3.63, 3.8) is 0 Å². The highest BCUT2D eigenvalue weighted by atomic mass is 32.2. The number of nitro groups is 1. The second-order valence-corrected chi connectivity index (χ2v) is 8.80.